The van der Waals surface area contributed by atoms with E-state index in [9.17, 15) is 4.79 Å². The molecule has 0 aromatic heterocycles. The van der Waals surface area contributed by atoms with Gasteiger partial charge in [0.1, 0.15) is 11.5 Å². The Bertz CT molecular complexity index is 561. The standard InChI is InChI=1S/C16H16O3/c1-18-14-8-9-16(19-2)13(10-14)11-15(17)12-6-4-3-5-7-12/h3-10H,11H2,1-2H3. The third kappa shape index (κ3) is 3.13. The topological polar surface area (TPSA) is 35.5 Å². The molecule has 0 fully saturated rings. The van der Waals surface area contributed by atoms with Crippen LogP contribution in [0.4, 0.5) is 0 Å². The zero-order valence-corrected chi connectivity index (χ0v) is 11.1. The average Bonchev–Trinajstić information content (AvgIpc) is 2.48. The maximum absolute atomic E-state index is 12.2. The fraction of sp³-hybridized carbons (Fsp3) is 0.188. The summed E-state index contributed by atoms with van der Waals surface area (Å²) in [4.78, 5) is 12.2. The molecule has 0 spiro atoms. The third-order valence-corrected chi connectivity index (χ3v) is 2.93. The molecule has 0 N–H and O–H groups in total. The monoisotopic (exact) mass is 256 g/mol. The van der Waals surface area contributed by atoms with Crippen molar-refractivity contribution in [3.05, 3.63) is 59.7 Å². The fourth-order valence-corrected chi connectivity index (χ4v) is 1.92. The highest BCUT2D eigenvalue weighted by Crippen LogP contribution is 2.25. The van der Waals surface area contributed by atoms with Gasteiger partial charge in [-0.25, -0.2) is 0 Å². The van der Waals surface area contributed by atoms with Crippen molar-refractivity contribution in [2.45, 2.75) is 6.42 Å². The van der Waals surface area contributed by atoms with Crippen molar-refractivity contribution in [3.8, 4) is 11.5 Å². The predicted octanol–water partition coefficient (Wildman–Crippen LogP) is 3.13. The third-order valence-electron chi connectivity index (χ3n) is 2.93. The van der Waals surface area contributed by atoms with Crippen LogP contribution in [0.3, 0.4) is 0 Å². The zero-order chi connectivity index (χ0) is 13.7. The number of carbonyl (C=O) groups excluding carboxylic acids is 1. The Balaban J connectivity index is 2.25. The van der Waals surface area contributed by atoms with Crippen molar-refractivity contribution in [1.82, 2.24) is 0 Å². The molecule has 0 saturated heterocycles. The van der Waals surface area contributed by atoms with Gasteiger partial charge in [-0.1, -0.05) is 30.3 Å². The van der Waals surface area contributed by atoms with E-state index >= 15 is 0 Å². The molecule has 0 aliphatic rings. The Morgan fingerprint density at radius 2 is 1.74 bits per heavy atom. The molecule has 0 radical (unpaired) electrons. The number of carbonyl (C=O) groups is 1. The van der Waals surface area contributed by atoms with E-state index in [1.54, 1.807) is 14.2 Å². The van der Waals surface area contributed by atoms with Gasteiger partial charge >= 0.3 is 0 Å². The lowest BCUT2D eigenvalue weighted by atomic mass is 10.0. The van der Waals surface area contributed by atoms with Gasteiger partial charge in [-0.05, 0) is 18.2 Å². The zero-order valence-electron chi connectivity index (χ0n) is 11.1. The summed E-state index contributed by atoms with van der Waals surface area (Å²) in [5, 5.41) is 0. The lowest BCUT2D eigenvalue weighted by molar-refractivity contribution is 0.0992. The number of rotatable bonds is 5. The number of ether oxygens (including phenoxy) is 2. The minimum Gasteiger partial charge on any atom is -0.497 e. The van der Waals surface area contributed by atoms with E-state index in [0.717, 1.165) is 11.3 Å². The summed E-state index contributed by atoms with van der Waals surface area (Å²) >= 11 is 0. The highest BCUT2D eigenvalue weighted by Gasteiger charge is 2.11. The first kappa shape index (κ1) is 13.1. The van der Waals surface area contributed by atoms with Gasteiger partial charge in [0.2, 0.25) is 0 Å². The second-order valence-electron chi connectivity index (χ2n) is 4.14. The van der Waals surface area contributed by atoms with Crippen LogP contribution in [0.25, 0.3) is 0 Å². The summed E-state index contributed by atoms with van der Waals surface area (Å²) in [7, 11) is 3.20. The van der Waals surface area contributed by atoms with Crippen molar-refractivity contribution >= 4 is 5.78 Å². The van der Waals surface area contributed by atoms with E-state index in [1.807, 2.05) is 48.5 Å². The van der Waals surface area contributed by atoms with Crippen LogP contribution in [0.1, 0.15) is 15.9 Å². The lowest BCUT2D eigenvalue weighted by Crippen LogP contribution is -2.05. The maximum atomic E-state index is 12.2. The van der Waals surface area contributed by atoms with Crippen molar-refractivity contribution in [3.63, 3.8) is 0 Å². The Morgan fingerprint density at radius 3 is 2.37 bits per heavy atom. The first-order valence-electron chi connectivity index (χ1n) is 6.03. The van der Waals surface area contributed by atoms with Gasteiger partial charge in [0.25, 0.3) is 0 Å². The summed E-state index contributed by atoms with van der Waals surface area (Å²) in [5.74, 6) is 1.48. The van der Waals surface area contributed by atoms with Gasteiger partial charge < -0.3 is 9.47 Å². The SMILES string of the molecule is COc1ccc(OC)c(CC(=O)c2ccccc2)c1. The van der Waals surface area contributed by atoms with Crippen LogP contribution in [-0.2, 0) is 6.42 Å². The number of hydrogen-bond acceptors (Lipinski definition) is 3. The fourth-order valence-electron chi connectivity index (χ4n) is 1.92. The molecule has 19 heavy (non-hydrogen) atoms. The van der Waals surface area contributed by atoms with Crippen LogP contribution in [-0.4, -0.2) is 20.0 Å². The predicted molar refractivity (Wildman–Crippen MR) is 74.0 cm³/mol. The molecule has 0 aliphatic carbocycles. The first-order valence-corrected chi connectivity index (χ1v) is 6.03. The summed E-state index contributed by atoms with van der Waals surface area (Å²) < 4.78 is 10.4. The quantitative estimate of drug-likeness (QED) is 0.771. The molecule has 98 valence electrons. The molecule has 0 aliphatic heterocycles. The Hall–Kier alpha value is -2.29. The van der Waals surface area contributed by atoms with Crippen molar-refractivity contribution < 1.29 is 14.3 Å². The van der Waals surface area contributed by atoms with E-state index in [4.69, 9.17) is 9.47 Å². The molecule has 0 atom stereocenters. The van der Waals surface area contributed by atoms with Crippen LogP contribution in [0.2, 0.25) is 0 Å². The molecule has 2 aromatic rings. The molecule has 3 nitrogen and oxygen atoms in total. The smallest absolute Gasteiger partial charge is 0.167 e. The Kier molecular flexibility index (Phi) is 4.18. The van der Waals surface area contributed by atoms with Gasteiger partial charge in [-0.3, -0.25) is 4.79 Å². The van der Waals surface area contributed by atoms with Crippen LogP contribution < -0.4 is 9.47 Å². The van der Waals surface area contributed by atoms with Crippen LogP contribution in [0.15, 0.2) is 48.5 Å². The van der Waals surface area contributed by atoms with E-state index in [-0.39, 0.29) is 5.78 Å². The Labute approximate surface area is 112 Å². The van der Waals surface area contributed by atoms with Crippen LogP contribution >= 0.6 is 0 Å². The molecular weight excluding hydrogens is 240 g/mol. The highest BCUT2D eigenvalue weighted by atomic mass is 16.5. The minimum absolute atomic E-state index is 0.0622. The van der Waals surface area contributed by atoms with Crippen LogP contribution in [0.5, 0.6) is 11.5 Å². The Morgan fingerprint density at radius 1 is 1.00 bits per heavy atom. The van der Waals surface area contributed by atoms with Gasteiger partial charge in [0.15, 0.2) is 5.78 Å². The maximum Gasteiger partial charge on any atom is 0.167 e. The van der Waals surface area contributed by atoms with Gasteiger partial charge in [-0.2, -0.15) is 0 Å². The second-order valence-corrected chi connectivity index (χ2v) is 4.14. The first-order chi connectivity index (χ1) is 9.24. The summed E-state index contributed by atoms with van der Waals surface area (Å²) in [6.07, 6.45) is 0.296. The molecule has 0 unspecified atom stereocenters. The summed E-state index contributed by atoms with van der Waals surface area (Å²) in [6, 6.07) is 14.7. The van der Waals surface area contributed by atoms with E-state index in [0.29, 0.717) is 17.7 Å². The van der Waals surface area contributed by atoms with Gasteiger partial charge in [0, 0.05) is 17.5 Å². The minimum atomic E-state index is 0.0622. The van der Waals surface area contributed by atoms with Gasteiger partial charge in [0.05, 0.1) is 14.2 Å². The number of benzene rings is 2. The largest absolute Gasteiger partial charge is 0.497 e. The summed E-state index contributed by atoms with van der Waals surface area (Å²) in [6.45, 7) is 0. The van der Waals surface area contributed by atoms with Crippen molar-refractivity contribution in [2.75, 3.05) is 14.2 Å². The molecule has 2 rings (SSSR count). The normalized spacial score (nSPS) is 10.0. The number of Topliss-reactive ketones (excluding diaryl/α,β-unsaturated/α-hetero) is 1. The van der Waals surface area contributed by atoms with E-state index < -0.39 is 0 Å². The number of hydrogen-bond donors (Lipinski definition) is 0. The summed E-state index contributed by atoms with van der Waals surface area (Å²) in [5.41, 5.74) is 1.53. The molecular formula is C16H16O3. The van der Waals surface area contributed by atoms with Crippen LogP contribution in [0, 0.1) is 0 Å². The number of methoxy groups -OCH3 is 2. The van der Waals surface area contributed by atoms with E-state index in [2.05, 4.69) is 0 Å². The second kappa shape index (κ2) is 6.05. The molecule has 2 aromatic carbocycles. The number of ketones is 1. The average molecular weight is 256 g/mol. The molecule has 0 saturated carbocycles. The molecule has 0 heterocycles. The van der Waals surface area contributed by atoms with Gasteiger partial charge in [-0.15, -0.1) is 0 Å². The highest BCUT2D eigenvalue weighted by molar-refractivity contribution is 5.97. The molecule has 0 bridgehead atoms. The lowest BCUT2D eigenvalue weighted by Gasteiger charge is -2.10. The van der Waals surface area contributed by atoms with Crippen molar-refractivity contribution in [1.29, 1.82) is 0 Å². The molecule has 0 amide bonds. The molecule has 3 heteroatoms. The van der Waals surface area contributed by atoms with E-state index in [1.165, 1.54) is 0 Å². The van der Waals surface area contributed by atoms with Crippen molar-refractivity contribution in [2.24, 2.45) is 0 Å².